The standard InChI is InChI=1S/C15H18Cl2N4O3/c1-18-15(24)20-13(22)8-21-4-2-3-12(21)14(23)19-11-6-9(16)5-10(17)7-11/h5-7,12H,2-4,8H2,1H3,(H,19,23)(H2,18,20,22,24)/t12-/m1/s1. The molecule has 0 spiro atoms. The van der Waals surface area contributed by atoms with Crippen molar-refractivity contribution < 1.29 is 14.4 Å². The Bertz CT molecular complexity index is 633. The summed E-state index contributed by atoms with van der Waals surface area (Å²) in [7, 11) is 1.42. The summed E-state index contributed by atoms with van der Waals surface area (Å²) in [5.74, 6) is -0.696. The van der Waals surface area contributed by atoms with Crippen LogP contribution < -0.4 is 16.0 Å². The van der Waals surface area contributed by atoms with E-state index >= 15 is 0 Å². The number of hydrogen-bond donors (Lipinski definition) is 3. The van der Waals surface area contributed by atoms with Crippen molar-refractivity contribution in [3.63, 3.8) is 0 Å². The van der Waals surface area contributed by atoms with Crippen LogP contribution in [0.5, 0.6) is 0 Å². The van der Waals surface area contributed by atoms with E-state index in [2.05, 4.69) is 16.0 Å². The van der Waals surface area contributed by atoms with Crippen LogP contribution in [0.25, 0.3) is 0 Å². The number of carbonyl (C=O) groups excluding carboxylic acids is 3. The zero-order chi connectivity index (χ0) is 17.7. The highest BCUT2D eigenvalue weighted by Crippen LogP contribution is 2.24. The number of benzene rings is 1. The Labute approximate surface area is 149 Å². The Kier molecular flexibility index (Phi) is 6.42. The SMILES string of the molecule is CNC(=O)NC(=O)CN1CCC[C@@H]1C(=O)Nc1cc(Cl)cc(Cl)c1. The fraction of sp³-hybridized carbons (Fsp3) is 0.400. The van der Waals surface area contributed by atoms with Crippen molar-refractivity contribution in [2.45, 2.75) is 18.9 Å². The van der Waals surface area contributed by atoms with Crippen molar-refractivity contribution in [2.24, 2.45) is 0 Å². The number of urea groups is 1. The first-order valence-electron chi connectivity index (χ1n) is 7.41. The first-order valence-corrected chi connectivity index (χ1v) is 8.17. The van der Waals surface area contributed by atoms with Gasteiger partial charge < -0.3 is 10.6 Å². The van der Waals surface area contributed by atoms with Crippen molar-refractivity contribution in [3.8, 4) is 0 Å². The molecule has 2 rings (SSSR count). The minimum Gasteiger partial charge on any atom is -0.341 e. The third-order valence-corrected chi connectivity index (χ3v) is 4.06. The molecule has 0 aliphatic carbocycles. The largest absolute Gasteiger partial charge is 0.341 e. The topological polar surface area (TPSA) is 90.5 Å². The number of likely N-dealkylation sites (tertiary alicyclic amines) is 1. The maximum atomic E-state index is 12.5. The van der Waals surface area contributed by atoms with E-state index in [1.807, 2.05) is 0 Å². The molecule has 0 bridgehead atoms. The maximum Gasteiger partial charge on any atom is 0.321 e. The lowest BCUT2D eigenvalue weighted by Gasteiger charge is -2.23. The summed E-state index contributed by atoms with van der Waals surface area (Å²) in [6, 6.07) is 3.75. The van der Waals surface area contributed by atoms with Crippen LogP contribution in [0, 0.1) is 0 Å². The van der Waals surface area contributed by atoms with Crippen LogP contribution in [-0.4, -0.2) is 48.9 Å². The molecule has 0 saturated carbocycles. The first kappa shape index (κ1) is 18.5. The quantitative estimate of drug-likeness (QED) is 0.752. The van der Waals surface area contributed by atoms with Crippen molar-refractivity contribution in [2.75, 3.05) is 25.5 Å². The van der Waals surface area contributed by atoms with Crippen LogP contribution in [0.3, 0.4) is 0 Å². The van der Waals surface area contributed by atoms with Gasteiger partial charge in [0.15, 0.2) is 0 Å². The van der Waals surface area contributed by atoms with E-state index in [0.29, 0.717) is 28.7 Å². The summed E-state index contributed by atoms with van der Waals surface area (Å²) in [6.45, 7) is 0.581. The number of nitrogens with zero attached hydrogens (tertiary/aromatic N) is 1. The van der Waals surface area contributed by atoms with Gasteiger partial charge in [0.25, 0.3) is 0 Å². The number of rotatable bonds is 4. The normalized spacial score (nSPS) is 17.4. The van der Waals surface area contributed by atoms with E-state index < -0.39 is 18.0 Å². The summed E-state index contributed by atoms with van der Waals surface area (Å²) >= 11 is 11.8. The molecular weight excluding hydrogens is 355 g/mol. The number of imide groups is 1. The lowest BCUT2D eigenvalue weighted by Crippen LogP contribution is -2.47. The molecule has 24 heavy (non-hydrogen) atoms. The number of anilines is 1. The zero-order valence-electron chi connectivity index (χ0n) is 13.1. The third-order valence-electron chi connectivity index (χ3n) is 3.62. The fourth-order valence-electron chi connectivity index (χ4n) is 2.58. The second kappa shape index (κ2) is 8.32. The van der Waals surface area contributed by atoms with Gasteiger partial charge in [-0.25, -0.2) is 4.79 Å². The van der Waals surface area contributed by atoms with Crippen LogP contribution >= 0.6 is 23.2 Å². The minimum absolute atomic E-state index is 0.0260. The summed E-state index contributed by atoms with van der Waals surface area (Å²) in [6.07, 6.45) is 1.43. The van der Waals surface area contributed by atoms with E-state index in [1.54, 1.807) is 23.1 Å². The number of nitrogens with one attached hydrogen (secondary N) is 3. The van der Waals surface area contributed by atoms with Crippen molar-refractivity contribution in [1.82, 2.24) is 15.5 Å². The second-order valence-corrected chi connectivity index (χ2v) is 6.28. The van der Waals surface area contributed by atoms with Crippen LogP contribution in [-0.2, 0) is 9.59 Å². The average Bonchev–Trinajstić information content (AvgIpc) is 2.93. The molecule has 1 aromatic rings. The molecule has 3 N–H and O–H groups in total. The molecule has 1 saturated heterocycles. The van der Waals surface area contributed by atoms with Gasteiger partial charge in [-0.15, -0.1) is 0 Å². The molecule has 1 atom stereocenters. The van der Waals surface area contributed by atoms with Gasteiger partial charge >= 0.3 is 6.03 Å². The highest BCUT2D eigenvalue weighted by Gasteiger charge is 2.32. The molecule has 1 heterocycles. The Morgan fingerprint density at radius 2 is 1.88 bits per heavy atom. The maximum absolute atomic E-state index is 12.5. The van der Waals surface area contributed by atoms with E-state index in [0.717, 1.165) is 6.42 Å². The highest BCUT2D eigenvalue weighted by molar-refractivity contribution is 6.35. The molecule has 0 radical (unpaired) electrons. The lowest BCUT2D eigenvalue weighted by atomic mass is 10.2. The lowest BCUT2D eigenvalue weighted by molar-refractivity contribution is -0.124. The molecule has 0 aromatic heterocycles. The van der Waals surface area contributed by atoms with Crippen LogP contribution in [0.1, 0.15) is 12.8 Å². The highest BCUT2D eigenvalue weighted by atomic mass is 35.5. The summed E-state index contributed by atoms with van der Waals surface area (Å²) < 4.78 is 0. The van der Waals surface area contributed by atoms with E-state index in [9.17, 15) is 14.4 Å². The van der Waals surface area contributed by atoms with Crippen LogP contribution in [0.2, 0.25) is 10.0 Å². The molecule has 4 amide bonds. The molecular formula is C15H18Cl2N4O3. The predicted molar refractivity (Wildman–Crippen MR) is 92.3 cm³/mol. The minimum atomic E-state index is -0.575. The smallest absolute Gasteiger partial charge is 0.321 e. The Balaban J connectivity index is 1.97. The van der Waals surface area contributed by atoms with Crippen molar-refractivity contribution >= 4 is 46.7 Å². The van der Waals surface area contributed by atoms with Crippen LogP contribution in [0.15, 0.2) is 18.2 Å². The Morgan fingerprint density at radius 3 is 2.50 bits per heavy atom. The van der Waals surface area contributed by atoms with Crippen LogP contribution in [0.4, 0.5) is 10.5 Å². The van der Waals surface area contributed by atoms with Crippen molar-refractivity contribution in [1.29, 1.82) is 0 Å². The second-order valence-electron chi connectivity index (χ2n) is 5.40. The molecule has 0 unspecified atom stereocenters. The van der Waals surface area contributed by atoms with Gasteiger partial charge in [0, 0.05) is 22.8 Å². The molecule has 1 fully saturated rings. The van der Waals surface area contributed by atoms with E-state index in [-0.39, 0.29) is 12.5 Å². The zero-order valence-corrected chi connectivity index (χ0v) is 14.6. The number of carbonyl (C=O) groups is 3. The monoisotopic (exact) mass is 372 g/mol. The number of hydrogen-bond acceptors (Lipinski definition) is 4. The third kappa shape index (κ3) is 5.09. The molecule has 1 aliphatic rings. The average molecular weight is 373 g/mol. The van der Waals surface area contributed by atoms with E-state index in [1.165, 1.54) is 7.05 Å². The van der Waals surface area contributed by atoms with Gasteiger partial charge in [-0.3, -0.25) is 19.8 Å². The summed E-state index contributed by atoms with van der Waals surface area (Å²) in [5, 5.41) is 8.09. The predicted octanol–water partition coefficient (Wildman–Crippen LogP) is 1.85. The fourth-order valence-corrected chi connectivity index (χ4v) is 3.10. The van der Waals surface area contributed by atoms with Gasteiger partial charge in [0.1, 0.15) is 0 Å². The van der Waals surface area contributed by atoms with Gasteiger partial charge in [-0.2, -0.15) is 0 Å². The first-order chi connectivity index (χ1) is 11.4. The molecule has 130 valence electrons. The molecule has 1 aliphatic heterocycles. The van der Waals surface area contributed by atoms with Gasteiger partial charge in [0.05, 0.1) is 12.6 Å². The van der Waals surface area contributed by atoms with Crippen molar-refractivity contribution in [3.05, 3.63) is 28.2 Å². The van der Waals surface area contributed by atoms with E-state index in [4.69, 9.17) is 23.2 Å². The van der Waals surface area contributed by atoms with Gasteiger partial charge in [-0.05, 0) is 37.6 Å². The summed E-state index contributed by atoms with van der Waals surface area (Å²) in [4.78, 5) is 37.1. The molecule has 7 nitrogen and oxygen atoms in total. The molecule has 1 aromatic carbocycles. The number of halogens is 2. The Morgan fingerprint density at radius 1 is 1.21 bits per heavy atom. The summed E-state index contributed by atoms with van der Waals surface area (Å²) in [5.41, 5.74) is 0.499. The van der Waals surface area contributed by atoms with Gasteiger partial charge in [0.2, 0.25) is 11.8 Å². The molecule has 9 heteroatoms. The Hall–Kier alpha value is -1.83. The van der Waals surface area contributed by atoms with Gasteiger partial charge in [-0.1, -0.05) is 23.2 Å². The number of amides is 4.